The summed E-state index contributed by atoms with van der Waals surface area (Å²) in [6.45, 7) is 3.94. The maximum atomic E-state index is 12.5. The van der Waals surface area contributed by atoms with Gasteiger partial charge in [-0.15, -0.1) is 12.4 Å². The van der Waals surface area contributed by atoms with Gasteiger partial charge in [0.05, 0.1) is 13.0 Å². The average molecular weight is 313 g/mol. The van der Waals surface area contributed by atoms with Gasteiger partial charge in [-0.05, 0) is 50.5 Å². The van der Waals surface area contributed by atoms with Crippen molar-refractivity contribution in [3.05, 3.63) is 23.8 Å². The Morgan fingerprint density at radius 3 is 2.71 bits per heavy atom. The van der Waals surface area contributed by atoms with Gasteiger partial charge in [0.1, 0.15) is 5.75 Å². The van der Waals surface area contributed by atoms with Crippen LogP contribution in [0.5, 0.6) is 5.75 Å². The molecule has 0 aliphatic heterocycles. The first-order valence-corrected chi connectivity index (χ1v) is 7.18. The predicted molar refractivity (Wildman–Crippen MR) is 88.2 cm³/mol. The van der Waals surface area contributed by atoms with Gasteiger partial charge in [0.2, 0.25) is 5.91 Å². The molecule has 1 amide bonds. The van der Waals surface area contributed by atoms with E-state index in [2.05, 4.69) is 5.32 Å². The van der Waals surface area contributed by atoms with Crippen molar-refractivity contribution in [3.63, 3.8) is 0 Å². The predicted octanol–water partition coefficient (Wildman–Crippen LogP) is 3.27. The molecule has 118 valence electrons. The summed E-state index contributed by atoms with van der Waals surface area (Å²) in [6.07, 6.45) is 3.96. The third-order valence-electron chi connectivity index (χ3n) is 4.26. The Balaban J connectivity index is 0.00000220. The van der Waals surface area contributed by atoms with E-state index in [1.54, 1.807) is 7.11 Å². The highest BCUT2D eigenvalue weighted by molar-refractivity contribution is 5.94. The maximum Gasteiger partial charge on any atom is 0.229 e. The normalized spacial score (nSPS) is 24.9. The lowest BCUT2D eigenvalue weighted by molar-refractivity contribution is -0.122. The second-order valence-electron chi connectivity index (χ2n) is 5.97. The van der Waals surface area contributed by atoms with Gasteiger partial charge >= 0.3 is 0 Å². The van der Waals surface area contributed by atoms with E-state index in [-0.39, 0.29) is 24.2 Å². The van der Waals surface area contributed by atoms with E-state index in [4.69, 9.17) is 10.5 Å². The molecule has 1 saturated carbocycles. The smallest absolute Gasteiger partial charge is 0.229 e. The average Bonchev–Trinajstić information content (AvgIpc) is 2.40. The van der Waals surface area contributed by atoms with Gasteiger partial charge in [-0.2, -0.15) is 0 Å². The number of hydrogen-bond donors (Lipinski definition) is 2. The number of anilines is 1. The van der Waals surface area contributed by atoms with Crippen LogP contribution in [0.1, 0.15) is 38.2 Å². The van der Waals surface area contributed by atoms with Gasteiger partial charge in [-0.25, -0.2) is 0 Å². The molecule has 2 unspecified atom stereocenters. The van der Waals surface area contributed by atoms with Crippen LogP contribution < -0.4 is 15.8 Å². The van der Waals surface area contributed by atoms with E-state index in [1.807, 2.05) is 32.0 Å². The van der Waals surface area contributed by atoms with Crippen LogP contribution in [0, 0.1) is 12.8 Å². The van der Waals surface area contributed by atoms with E-state index in [9.17, 15) is 4.79 Å². The highest BCUT2D eigenvalue weighted by atomic mass is 35.5. The van der Waals surface area contributed by atoms with Crippen molar-refractivity contribution in [3.8, 4) is 5.75 Å². The zero-order valence-corrected chi connectivity index (χ0v) is 13.8. The van der Waals surface area contributed by atoms with Crippen LogP contribution >= 0.6 is 12.4 Å². The van der Waals surface area contributed by atoms with Gasteiger partial charge < -0.3 is 15.8 Å². The number of benzene rings is 1. The molecule has 1 aliphatic carbocycles. The van der Waals surface area contributed by atoms with Crippen LogP contribution in [0.25, 0.3) is 0 Å². The number of halogens is 1. The fourth-order valence-corrected chi connectivity index (χ4v) is 2.91. The number of hydrogen-bond acceptors (Lipinski definition) is 3. The minimum Gasteiger partial charge on any atom is -0.497 e. The molecular formula is C16H25ClN2O2. The molecule has 2 atom stereocenters. The molecule has 0 heterocycles. The molecule has 1 aromatic rings. The zero-order chi connectivity index (χ0) is 14.8. The summed E-state index contributed by atoms with van der Waals surface area (Å²) in [7, 11) is 1.63. The van der Waals surface area contributed by atoms with Crippen molar-refractivity contribution in [1.29, 1.82) is 0 Å². The molecule has 21 heavy (non-hydrogen) atoms. The molecule has 4 nitrogen and oxygen atoms in total. The van der Waals surface area contributed by atoms with Gasteiger partial charge in [-0.3, -0.25) is 4.79 Å². The second-order valence-corrected chi connectivity index (χ2v) is 5.97. The minimum atomic E-state index is -0.400. The molecule has 2 rings (SSSR count). The number of nitrogens with two attached hydrogens (primary N) is 1. The number of aryl methyl sites for hydroxylation is 1. The third-order valence-corrected chi connectivity index (χ3v) is 4.26. The summed E-state index contributed by atoms with van der Waals surface area (Å²) < 4.78 is 5.17. The maximum absolute atomic E-state index is 12.5. The number of rotatable bonds is 3. The molecule has 3 N–H and O–H groups in total. The van der Waals surface area contributed by atoms with Gasteiger partial charge in [0, 0.05) is 11.2 Å². The first-order valence-electron chi connectivity index (χ1n) is 7.18. The number of nitrogens with one attached hydrogen (secondary N) is 1. The van der Waals surface area contributed by atoms with E-state index in [1.165, 1.54) is 0 Å². The molecule has 1 aliphatic rings. The number of carbonyl (C=O) groups is 1. The topological polar surface area (TPSA) is 64.3 Å². The Bertz CT molecular complexity index is 503. The first kappa shape index (κ1) is 17.8. The van der Waals surface area contributed by atoms with E-state index in [0.29, 0.717) is 0 Å². The van der Waals surface area contributed by atoms with Crippen molar-refractivity contribution in [2.75, 3.05) is 12.4 Å². The SMILES string of the molecule is COc1ccc(NC(=O)C2CCCCC2(C)N)c(C)c1.Cl. The van der Waals surface area contributed by atoms with Gasteiger partial charge in [-0.1, -0.05) is 12.8 Å². The van der Waals surface area contributed by atoms with Crippen molar-refractivity contribution >= 4 is 24.0 Å². The highest BCUT2D eigenvalue weighted by Crippen LogP contribution is 2.33. The van der Waals surface area contributed by atoms with E-state index in [0.717, 1.165) is 42.7 Å². The molecule has 5 heteroatoms. The molecule has 1 aromatic carbocycles. The molecule has 0 saturated heterocycles. The molecule has 0 bridgehead atoms. The largest absolute Gasteiger partial charge is 0.497 e. The van der Waals surface area contributed by atoms with Crippen LogP contribution in [0.3, 0.4) is 0 Å². The van der Waals surface area contributed by atoms with Crippen LogP contribution in [-0.4, -0.2) is 18.6 Å². The van der Waals surface area contributed by atoms with Crippen molar-refractivity contribution in [2.24, 2.45) is 11.7 Å². The minimum absolute atomic E-state index is 0. The number of amides is 1. The van der Waals surface area contributed by atoms with Crippen LogP contribution in [0.4, 0.5) is 5.69 Å². The van der Waals surface area contributed by atoms with Crippen LogP contribution in [0.2, 0.25) is 0 Å². The summed E-state index contributed by atoms with van der Waals surface area (Å²) in [5, 5.41) is 3.01. The number of ether oxygens (including phenoxy) is 1. The Morgan fingerprint density at radius 1 is 1.43 bits per heavy atom. The first-order chi connectivity index (χ1) is 9.44. The molecule has 0 aromatic heterocycles. The fraction of sp³-hybridized carbons (Fsp3) is 0.562. The molecule has 0 radical (unpaired) electrons. The number of methoxy groups -OCH3 is 1. The Kier molecular flexibility index (Phi) is 6.05. The third kappa shape index (κ3) is 4.11. The Hall–Kier alpha value is -1.26. The lowest BCUT2D eigenvalue weighted by Crippen LogP contribution is -2.51. The summed E-state index contributed by atoms with van der Waals surface area (Å²) in [6, 6.07) is 5.64. The summed E-state index contributed by atoms with van der Waals surface area (Å²) in [4.78, 5) is 12.5. The zero-order valence-electron chi connectivity index (χ0n) is 12.9. The summed E-state index contributed by atoms with van der Waals surface area (Å²) in [5.74, 6) is 0.711. The van der Waals surface area contributed by atoms with E-state index >= 15 is 0 Å². The monoisotopic (exact) mass is 312 g/mol. The number of carbonyl (C=O) groups excluding carboxylic acids is 1. The standard InChI is InChI=1S/C16H24N2O2.ClH/c1-11-10-12(20-3)7-8-14(11)18-15(19)13-6-4-5-9-16(13,2)17;/h7-8,10,13H,4-6,9,17H2,1-3H3,(H,18,19);1H. The van der Waals surface area contributed by atoms with Gasteiger partial charge in [0.25, 0.3) is 0 Å². The second kappa shape index (κ2) is 7.14. The summed E-state index contributed by atoms with van der Waals surface area (Å²) >= 11 is 0. The van der Waals surface area contributed by atoms with E-state index < -0.39 is 5.54 Å². The quantitative estimate of drug-likeness (QED) is 0.900. The lowest BCUT2D eigenvalue weighted by atomic mass is 9.74. The fourth-order valence-electron chi connectivity index (χ4n) is 2.91. The molecule has 1 fully saturated rings. The van der Waals surface area contributed by atoms with Crippen molar-refractivity contribution in [2.45, 2.75) is 45.1 Å². The Labute approximate surface area is 132 Å². The Morgan fingerprint density at radius 2 is 2.14 bits per heavy atom. The molecular weight excluding hydrogens is 288 g/mol. The molecule has 0 spiro atoms. The van der Waals surface area contributed by atoms with Crippen LogP contribution in [-0.2, 0) is 4.79 Å². The van der Waals surface area contributed by atoms with Crippen LogP contribution in [0.15, 0.2) is 18.2 Å². The lowest BCUT2D eigenvalue weighted by Gasteiger charge is -2.37. The highest BCUT2D eigenvalue weighted by Gasteiger charge is 2.37. The van der Waals surface area contributed by atoms with Crippen molar-refractivity contribution < 1.29 is 9.53 Å². The van der Waals surface area contributed by atoms with Gasteiger partial charge in [0.15, 0.2) is 0 Å². The summed E-state index contributed by atoms with van der Waals surface area (Å²) in [5.41, 5.74) is 7.70. The van der Waals surface area contributed by atoms with Crippen molar-refractivity contribution in [1.82, 2.24) is 0 Å².